The number of aryl methyl sites for hydroxylation is 2. The van der Waals surface area contributed by atoms with Crippen molar-refractivity contribution in [3.05, 3.63) is 64.5 Å². The zero-order valence-electron chi connectivity index (χ0n) is 23.0. The van der Waals surface area contributed by atoms with Crippen molar-refractivity contribution in [2.75, 3.05) is 50.1 Å². The van der Waals surface area contributed by atoms with Gasteiger partial charge < -0.3 is 9.80 Å². The summed E-state index contributed by atoms with van der Waals surface area (Å²) in [6, 6.07) is 15.5. The van der Waals surface area contributed by atoms with Crippen LogP contribution in [-0.2, 0) is 22.9 Å². The first kappa shape index (κ1) is 26.2. The summed E-state index contributed by atoms with van der Waals surface area (Å²) in [7, 11) is 0.540. The third kappa shape index (κ3) is 4.92. The van der Waals surface area contributed by atoms with E-state index in [-0.39, 0.29) is 0 Å². The average Bonchev–Trinajstić information content (AvgIpc) is 3.30. The van der Waals surface area contributed by atoms with Crippen LogP contribution in [0.1, 0.15) is 29.3 Å². The summed E-state index contributed by atoms with van der Waals surface area (Å²) in [4.78, 5) is 17.4. The summed E-state index contributed by atoms with van der Waals surface area (Å²) in [5, 5.41) is 1.17. The molecule has 4 aromatic rings. The van der Waals surface area contributed by atoms with E-state index in [2.05, 4.69) is 41.0 Å². The zero-order chi connectivity index (χ0) is 27.3. The second-order valence-electron chi connectivity index (χ2n) is 11.0. The molecular formula is C30H35N5O2S2. The largest absolute Gasteiger partial charge is 0.378 e. The van der Waals surface area contributed by atoms with Crippen LogP contribution in [0.2, 0.25) is 0 Å². The molecule has 1 aliphatic heterocycles. The normalized spacial score (nSPS) is 18.4. The molecule has 2 aliphatic rings. The molecule has 0 radical (unpaired) electrons. The number of thiophene rings is 1. The number of nitrogens with zero attached hydrogens (tertiary/aromatic N) is 5. The first-order chi connectivity index (χ1) is 18.7. The Balaban J connectivity index is 1.36. The Morgan fingerprint density at radius 3 is 2.31 bits per heavy atom. The van der Waals surface area contributed by atoms with Crippen LogP contribution in [-0.4, -0.2) is 63.0 Å². The fourth-order valence-corrected chi connectivity index (χ4v) is 8.39. The molecule has 0 unspecified atom stereocenters. The van der Waals surface area contributed by atoms with Crippen LogP contribution in [0.3, 0.4) is 0 Å². The topological polar surface area (TPSA) is 69.6 Å². The Labute approximate surface area is 235 Å². The molecule has 1 atom stereocenters. The van der Waals surface area contributed by atoms with Crippen molar-refractivity contribution in [1.82, 2.24) is 14.3 Å². The van der Waals surface area contributed by atoms with Crippen molar-refractivity contribution in [3.63, 3.8) is 0 Å². The molecule has 2 aromatic heterocycles. The number of rotatable bonds is 5. The van der Waals surface area contributed by atoms with Gasteiger partial charge in [-0.3, -0.25) is 0 Å². The molecule has 0 spiro atoms. The quantitative estimate of drug-likeness (QED) is 0.326. The Kier molecular flexibility index (Phi) is 6.85. The summed E-state index contributed by atoms with van der Waals surface area (Å²) >= 11 is 1.81. The lowest BCUT2D eigenvalue weighted by Gasteiger charge is -2.35. The van der Waals surface area contributed by atoms with Gasteiger partial charge in [0.05, 0.1) is 10.3 Å². The number of hydrogen-bond donors (Lipinski definition) is 0. The number of hydrogen-bond acceptors (Lipinski definition) is 7. The van der Waals surface area contributed by atoms with Gasteiger partial charge in [-0.2, -0.15) is 4.31 Å². The van der Waals surface area contributed by atoms with Crippen LogP contribution in [0, 0.1) is 12.8 Å². The lowest BCUT2D eigenvalue weighted by atomic mass is 9.89. The van der Waals surface area contributed by atoms with E-state index in [9.17, 15) is 8.42 Å². The molecule has 1 aliphatic carbocycles. The van der Waals surface area contributed by atoms with Gasteiger partial charge in [0.25, 0.3) is 0 Å². The van der Waals surface area contributed by atoms with E-state index in [0.29, 0.717) is 37.0 Å². The Morgan fingerprint density at radius 1 is 0.949 bits per heavy atom. The van der Waals surface area contributed by atoms with Gasteiger partial charge in [-0.25, -0.2) is 18.4 Å². The van der Waals surface area contributed by atoms with Crippen LogP contribution in [0.25, 0.3) is 21.6 Å². The van der Waals surface area contributed by atoms with Crippen molar-refractivity contribution < 1.29 is 8.42 Å². The molecule has 3 heterocycles. The van der Waals surface area contributed by atoms with Gasteiger partial charge in [0.1, 0.15) is 10.6 Å². The third-order valence-electron chi connectivity index (χ3n) is 7.97. The summed E-state index contributed by atoms with van der Waals surface area (Å²) in [5.41, 5.74) is 4.56. The standard InChI is InChI=1S/C30H35N5O2S2/c1-20-5-12-24(13-6-20)39(36,37)35-17-15-34(16-18-35)29-27-25-14-7-21(2)19-26(25)38-30(27)32-28(31-29)22-8-10-23(11-9-22)33(3)4/h5-6,8-13,21H,7,14-19H2,1-4H3/t21-/m0/s1. The minimum atomic E-state index is -3.53. The minimum Gasteiger partial charge on any atom is -0.378 e. The number of aromatic nitrogens is 2. The van der Waals surface area contributed by atoms with E-state index in [1.54, 1.807) is 16.4 Å². The Morgan fingerprint density at radius 2 is 1.64 bits per heavy atom. The third-order valence-corrected chi connectivity index (χ3v) is 11.0. The average molecular weight is 562 g/mol. The van der Waals surface area contributed by atoms with Gasteiger partial charge in [0.2, 0.25) is 10.0 Å². The predicted octanol–water partition coefficient (Wildman–Crippen LogP) is 5.37. The highest BCUT2D eigenvalue weighted by Crippen LogP contribution is 2.42. The second kappa shape index (κ2) is 10.2. The van der Waals surface area contributed by atoms with E-state index in [1.807, 2.05) is 44.5 Å². The molecule has 6 rings (SSSR count). The maximum absolute atomic E-state index is 13.3. The maximum Gasteiger partial charge on any atom is 0.243 e. The molecule has 0 saturated carbocycles. The van der Waals surface area contributed by atoms with Gasteiger partial charge in [-0.05, 0) is 74.1 Å². The van der Waals surface area contributed by atoms with Gasteiger partial charge in [-0.15, -0.1) is 11.3 Å². The van der Waals surface area contributed by atoms with Gasteiger partial charge >= 0.3 is 0 Å². The van der Waals surface area contributed by atoms with Crippen LogP contribution in [0.5, 0.6) is 0 Å². The molecule has 0 amide bonds. The number of sulfonamides is 1. The number of piperazine rings is 1. The minimum absolute atomic E-state index is 0.357. The van der Waals surface area contributed by atoms with Gasteiger partial charge in [0, 0.05) is 56.4 Å². The fraction of sp³-hybridized carbons (Fsp3) is 0.400. The van der Waals surface area contributed by atoms with Gasteiger partial charge in [-0.1, -0.05) is 24.6 Å². The SMILES string of the molecule is Cc1ccc(S(=O)(=O)N2CCN(c3nc(-c4ccc(N(C)C)cc4)nc4sc5c(c34)CC[C@H](C)C5)CC2)cc1. The van der Waals surface area contributed by atoms with E-state index < -0.39 is 10.0 Å². The van der Waals surface area contributed by atoms with Crippen LogP contribution in [0.4, 0.5) is 11.5 Å². The summed E-state index contributed by atoms with van der Waals surface area (Å²) in [6.45, 7) is 6.34. The van der Waals surface area contributed by atoms with Crippen molar-refractivity contribution in [1.29, 1.82) is 0 Å². The highest BCUT2D eigenvalue weighted by atomic mass is 32.2. The predicted molar refractivity (Wildman–Crippen MR) is 161 cm³/mol. The summed E-state index contributed by atoms with van der Waals surface area (Å²) in [5.74, 6) is 2.35. The number of benzene rings is 2. The molecular weight excluding hydrogens is 526 g/mol. The van der Waals surface area contributed by atoms with Gasteiger partial charge in [0.15, 0.2) is 5.82 Å². The van der Waals surface area contributed by atoms with Crippen molar-refractivity contribution in [3.8, 4) is 11.4 Å². The first-order valence-corrected chi connectivity index (χ1v) is 15.9. The Bertz CT molecular complexity index is 1600. The monoisotopic (exact) mass is 561 g/mol. The molecule has 7 nitrogen and oxygen atoms in total. The fourth-order valence-electron chi connectivity index (χ4n) is 5.59. The van der Waals surface area contributed by atoms with E-state index >= 15 is 0 Å². The highest BCUT2D eigenvalue weighted by molar-refractivity contribution is 7.89. The van der Waals surface area contributed by atoms with Crippen molar-refractivity contribution >= 4 is 43.1 Å². The van der Waals surface area contributed by atoms with E-state index in [0.717, 1.165) is 46.1 Å². The smallest absolute Gasteiger partial charge is 0.243 e. The van der Waals surface area contributed by atoms with Crippen molar-refractivity contribution in [2.24, 2.45) is 5.92 Å². The lowest BCUT2D eigenvalue weighted by Crippen LogP contribution is -2.49. The molecule has 9 heteroatoms. The first-order valence-electron chi connectivity index (χ1n) is 13.6. The van der Waals surface area contributed by atoms with Crippen LogP contribution in [0.15, 0.2) is 53.4 Å². The maximum atomic E-state index is 13.3. The lowest BCUT2D eigenvalue weighted by molar-refractivity contribution is 0.384. The molecule has 1 fully saturated rings. The van der Waals surface area contributed by atoms with E-state index in [1.165, 1.54) is 22.2 Å². The second-order valence-corrected chi connectivity index (χ2v) is 14.1. The van der Waals surface area contributed by atoms with E-state index in [4.69, 9.17) is 9.97 Å². The zero-order valence-corrected chi connectivity index (χ0v) is 24.6. The molecule has 39 heavy (non-hydrogen) atoms. The van der Waals surface area contributed by atoms with Crippen molar-refractivity contribution in [2.45, 2.75) is 38.0 Å². The molecule has 204 valence electrons. The summed E-state index contributed by atoms with van der Waals surface area (Å²) in [6.07, 6.45) is 3.31. The molecule has 1 saturated heterocycles. The highest BCUT2D eigenvalue weighted by Gasteiger charge is 2.32. The Hall–Kier alpha value is -3.01. The number of fused-ring (bicyclic) bond motifs is 3. The molecule has 0 N–H and O–H groups in total. The molecule has 0 bridgehead atoms. The van der Waals surface area contributed by atoms with Crippen LogP contribution >= 0.6 is 11.3 Å². The number of anilines is 2. The molecule has 2 aromatic carbocycles. The van der Waals surface area contributed by atoms with Crippen LogP contribution < -0.4 is 9.80 Å². The summed E-state index contributed by atoms with van der Waals surface area (Å²) < 4.78 is 28.3.